The Labute approximate surface area is 151 Å². The molecule has 0 saturated carbocycles. The Kier molecular flexibility index (Phi) is 5.01. The van der Waals surface area contributed by atoms with Crippen LogP contribution in [0.15, 0.2) is 29.3 Å². The number of aromatic nitrogens is 2. The van der Waals surface area contributed by atoms with Gasteiger partial charge in [-0.15, -0.1) is 0 Å². The number of carboxylic acid groups (broad SMARTS) is 1. The number of aromatic carboxylic acids is 1. The number of benzene rings is 1. The number of hydrogen-bond acceptors (Lipinski definition) is 5. The number of carbonyl (C=O) groups is 1. The molecule has 3 rings (SSSR count). The van der Waals surface area contributed by atoms with Crippen LogP contribution in [0.4, 0.5) is 5.69 Å². The van der Waals surface area contributed by atoms with Gasteiger partial charge in [0.05, 0.1) is 34.1 Å². The second-order valence-electron chi connectivity index (χ2n) is 6.32. The molecule has 140 valence electrons. The molecular weight excluding hydrogens is 358 g/mol. The van der Waals surface area contributed by atoms with Crippen LogP contribution in [0.1, 0.15) is 40.5 Å². The lowest BCUT2D eigenvalue weighted by molar-refractivity contribution is 0.0657. The Hall–Kier alpha value is -2.39. The highest BCUT2D eigenvalue weighted by atomic mass is 32.2. The quantitative estimate of drug-likeness (QED) is 0.825. The normalized spacial score (nSPS) is 15.8. The molecule has 9 heteroatoms. The van der Waals surface area contributed by atoms with Gasteiger partial charge in [0.1, 0.15) is 0 Å². The lowest BCUT2D eigenvalue weighted by Crippen LogP contribution is -2.21. The molecule has 0 bridgehead atoms. The number of ether oxygens (including phenoxy) is 1. The van der Waals surface area contributed by atoms with E-state index >= 15 is 0 Å². The number of aryl methyl sites for hydroxylation is 1. The highest BCUT2D eigenvalue weighted by molar-refractivity contribution is 7.92. The van der Waals surface area contributed by atoms with Crippen LogP contribution >= 0.6 is 0 Å². The van der Waals surface area contributed by atoms with Gasteiger partial charge in [-0.3, -0.25) is 9.40 Å². The molecule has 1 aliphatic rings. The number of hydrogen-bond donors (Lipinski definition) is 2. The van der Waals surface area contributed by atoms with Crippen molar-refractivity contribution in [3.63, 3.8) is 0 Å². The monoisotopic (exact) mass is 379 g/mol. The van der Waals surface area contributed by atoms with E-state index in [0.29, 0.717) is 24.5 Å². The van der Waals surface area contributed by atoms with E-state index in [-0.39, 0.29) is 16.5 Å². The van der Waals surface area contributed by atoms with Crippen molar-refractivity contribution < 1.29 is 23.1 Å². The maximum atomic E-state index is 12.7. The molecule has 1 saturated heterocycles. The molecular formula is C17H21N3O5S. The van der Waals surface area contributed by atoms with Crippen molar-refractivity contribution in [1.82, 2.24) is 9.78 Å². The first-order valence-electron chi connectivity index (χ1n) is 8.28. The van der Waals surface area contributed by atoms with Crippen LogP contribution in [0.2, 0.25) is 0 Å². The van der Waals surface area contributed by atoms with Gasteiger partial charge < -0.3 is 9.84 Å². The first-order chi connectivity index (χ1) is 12.3. The number of anilines is 1. The maximum Gasteiger partial charge on any atom is 0.335 e. The number of sulfonamides is 1. The minimum absolute atomic E-state index is 0.0423. The zero-order chi connectivity index (χ0) is 18.9. The summed E-state index contributed by atoms with van der Waals surface area (Å²) in [5, 5.41) is 13.3. The lowest BCUT2D eigenvalue weighted by Gasteiger charge is -2.23. The second kappa shape index (κ2) is 7.08. The van der Waals surface area contributed by atoms with Gasteiger partial charge >= 0.3 is 5.97 Å². The van der Waals surface area contributed by atoms with Crippen molar-refractivity contribution in [2.24, 2.45) is 0 Å². The largest absolute Gasteiger partial charge is 0.478 e. The highest BCUT2D eigenvalue weighted by Crippen LogP contribution is 2.27. The summed E-state index contributed by atoms with van der Waals surface area (Å²) in [4.78, 5) is 11.1. The SMILES string of the molecule is Cc1cc(C(=O)O)ccc1S(=O)(=O)Nc1cnn(C2CCOCC2)c1C. The smallest absolute Gasteiger partial charge is 0.335 e. The highest BCUT2D eigenvalue weighted by Gasteiger charge is 2.23. The fourth-order valence-electron chi connectivity index (χ4n) is 3.11. The van der Waals surface area contributed by atoms with Crippen LogP contribution in [-0.4, -0.2) is 42.5 Å². The zero-order valence-electron chi connectivity index (χ0n) is 14.6. The summed E-state index contributed by atoms with van der Waals surface area (Å²) < 4.78 is 35.2. The summed E-state index contributed by atoms with van der Waals surface area (Å²) in [7, 11) is -3.85. The van der Waals surface area contributed by atoms with Crippen molar-refractivity contribution in [2.75, 3.05) is 17.9 Å². The molecule has 0 spiro atoms. The summed E-state index contributed by atoms with van der Waals surface area (Å²) in [6, 6.07) is 4.12. The van der Waals surface area contributed by atoms with Crippen LogP contribution in [0.3, 0.4) is 0 Å². The molecule has 0 atom stereocenters. The lowest BCUT2D eigenvalue weighted by atomic mass is 10.1. The molecule has 0 aliphatic carbocycles. The van der Waals surface area contributed by atoms with E-state index in [2.05, 4.69) is 9.82 Å². The van der Waals surface area contributed by atoms with Crippen LogP contribution in [-0.2, 0) is 14.8 Å². The van der Waals surface area contributed by atoms with E-state index in [0.717, 1.165) is 18.5 Å². The van der Waals surface area contributed by atoms with Gasteiger partial charge in [0.25, 0.3) is 10.0 Å². The molecule has 2 heterocycles. The van der Waals surface area contributed by atoms with E-state index in [1.165, 1.54) is 24.4 Å². The number of nitrogens with zero attached hydrogens (tertiary/aromatic N) is 2. The van der Waals surface area contributed by atoms with Crippen molar-refractivity contribution in [1.29, 1.82) is 0 Å². The van der Waals surface area contributed by atoms with Gasteiger partial charge in [-0.25, -0.2) is 13.2 Å². The first kappa shape index (κ1) is 18.4. The van der Waals surface area contributed by atoms with E-state index < -0.39 is 16.0 Å². The molecule has 1 aromatic heterocycles. The Morgan fingerprint density at radius 2 is 2.00 bits per heavy atom. The second-order valence-corrected chi connectivity index (χ2v) is 7.97. The van der Waals surface area contributed by atoms with Gasteiger partial charge in [0.15, 0.2) is 0 Å². The Morgan fingerprint density at radius 3 is 2.62 bits per heavy atom. The summed E-state index contributed by atoms with van der Waals surface area (Å²) in [5.41, 5.74) is 1.57. The Balaban J connectivity index is 1.86. The Morgan fingerprint density at radius 1 is 1.31 bits per heavy atom. The maximum absolute atomic E-state index is 12.7. The van der Waals surface area contributed by atoms with E-state index in [4.69, 9.17) is 9.84 Å². The average Bonchev–Trinajstić information content (AvgIpc) is 2.95. The first-order valence-corrected chi connectivity index (χ1v) is 9.76. The fourth-order valence-corrected chi connectivity index (χ4v) is 4.43. The molecule has 8 nitrogen and oxygen atoms in total. The standard InChI is InChI=1S/C17H21N3O5S/c1-11-9-13(17(21)22)3-4-16(11)26(23,24)19-15-10-18-20(12(15)2)14-5-7-25-8-6-14/h3-4,9-10,14,19H,5-8H2,1-2H3,(H,21,22). The van der Waals surface area contributed by atoms with Crippen molar-refractivity contribution in [3.8, 4) is 0 Å². The predicted octanol–water partition coefficient (Wildman–Crippen LogP) is 2.35. The van der Waals surface area contributed by atoms with Crippen LogP contribution in [0, 0.1) is 13.8 Å². The third-order valence-electron chi connectivity index (χ3n) is 4.54. The molecule has 2 N–H and O–H groups in total. The van der Waals surface area contributed by atoms with Crippen molar-refractivity contribution >= 4 is 21.7 Å². The topological polar surface area (TPSA) is 111 Å². The summed E-state index contributed by atoms with van der Waals surface area (Å²) >= 11 is 0. The minimum Gasteiger partial charge on any atom is -0.478 e. The van der Waals surface area contributed by atoms with Crippen molar-refractivity contribution in [3.05, 3.63) is 41.2 Å². The minimum atomic E-state index is -3.85. The molecule has 2 aromatic rings. The van der Waals surface area contributed by atoms with Gasteiger partial charge in [-0.05, 0) is 50.5 Å². The van der Waals surface area contributed by atoms with Gasteiger partial charge in [-0.1, -0.05) is 0 Å². The van der Waals surface area contributed by atoms with Gasteiger partial charge in [0, 0.05) is 13.2 Å². The molecule has 26 heavy (non-hydrogen) atoms. The molecule has 1 aliphatic heterocycles. The zero-order valence-corrected chi connectivity index (χ0v) is 15.4. The van der Waals surface area contributed by atoms with Crippen LogP contribution in [0.25, 0.3) is 0 Å². The van der Waals surface area contributed by atoms with Gasteiger partial charge in [0.2, 0.25) is 0 Å². The number of rotatable bonds is 5. The number of carboxylic acids is 1. The van der Waals surface area contributed by atoms with Gasteiger partial charge in [-0.2, -0.15) is 5.10 Å². The van der Waals surface area contributed by atoms with Crippen LogP contribution in [0.5, 0.6) is 0 Å². The third-order valence-corrected chi connectivity index (χ3v) is 6.06. The average molecular weight is 379 g/mol. The summed E-state index contributed by atoms with van der Waals surface area (Å²) in [6.45, 7) is 4.72. The van der Waals surface area contributed by atoms with E-state index in [9.17, 15) is 13.2 Å². The summed E-state index contributed by atoms with van der Waals surface area (Å²) in [6.07, 6.45) is 3.18. The molecule has 1 aromatic carbocycles. The summed E-state index contributed by atoms with van der Waals surface area (Å²) in [5.74, 6) is -1.10. The Bertz CT molecular complexity index is 930. The molecule has 0 radical (unpaired) electrons. The number of nitrogens with one attached hydrogen (secondary N) is 1. The third kappa shape index (κ3) is 3.58. The molecule has 1 fully saturated rings. The van der Waals surface area contributed by atoms with Crippen LogP contribution < -0.4 is 4.72 Å². The molecule has 0 amide bonds. The van der Waals surface area contributed by atoms with Crippen molar-refractivity contribution in [2.45, 2.75) is 37.6 Å². The van der Waals surface area contributed by atoms with E-state index in [1.54, 1.807) is 6.92 Å². The fraction of sp³-hybridized carbons (Fsp3) is 0.412. The predicted molar refractivity (Wildman–Crippen MR) is 95.0 cm³/mol. The molecule has 0 unspecified atom stereocenters. The van der Waals surface area contributed by atoms with E-state index in [1.807, 2.05) is 11.6 Å².